The summed E-state index contributed by atoms with van der Waals surface area (Å²) in [5, 5.41) is 15.3. The molecule has 0 bridgehead atoms. The quantitative estimate of drug-likeness (QED) is 0.476. The Hall–Kier alpha value is -2.33. The van der Waals surface area contributed by atoms with Gasteiger partial charge in [0.1, 0.15) is 0 Å². The molecule has 1 heterocycles. The van der Waals surface area contributed by atoms with E-state index in [1.54, 1.807) is 12.1 Å². The highest BCUT2D eigenvalue weighted by molar-refractivity contribution is 6.30. The fourth-order valence-corrected chi connectivity index (χ4v) is 3.82. The number of non-ortho nitro benzene ring substituents is 1. The van der Waals surface area contributed by atoms with Crippen LogP contribution in [0.4, 0.5) is 11.4 Å². The minimum atomic E-state index is -0.334. The molecule has 3 atom stereocenters. The summed E-state index contributed by atoms with van der Waals surface area (Å²) in [5.41, 5.74) is 3.33. The monoisotopic (exact) mass is 326 g/mol. The number of hydrogen-bond donors (Lipinski definition) is 1. The van der Waals surface area contributed by atoms with Gasteiger partial charge in [-0.15, -0.1) is 0 Å². The fourth-order valence-electron chi connectivity index (χ4n) is 3.70. The van der Waals surface area contributed by atoms with Crippen LogP contribution in [-0.4, -0.2) is 4.92 Å². The predicted molar refractivity (Wildman–Crippen MR) is 90.9 cm³/mol. The van der Waals surface area contributed by atoms with E-state index in [2.05, 4.69) is 17.5 Å². The Bertz CT molecular complexity index is 801. The van der Waals surface area contributed by atoms with Crippen LogP contribution in [0.15, 0.2) is 54.6 Å². The number of benzene rings is 2. The minimum Gasteiger partial charge on any atom is -0.378 e. The number of rotatable bonds is 2. The van der Waals surface area contributed by atoms with E-state index in [1.807, 2.05) is 30.3 Å². The molecule has 23 heavy (non-hydrogen) atoms. The second-order valence-corrected chi connectivity index (χ2v) is 6.49. The van der Waals surface area contributed by atoms with Gasteiger partial charge in [0.2, 0.25) is 0 Å². The van der Waals surface area contributed by atoms with E-state index >= 15 is 0 Å². The summed E-state index contributed by atoms with van der Waals surface area (Å²) < 4.78 is 0. The molecule has 2 aromatic carbocycles. The molecule has 0 saturated carbocycles. The van der Waals surface area contributed by atoms with Crippen LogP contribution in [0.25, 0.3) is 0 Å². The van der Waals surface area contributed by atoms with Crippen LogP contribution >= 0.6 is 11.6 Å². The first-order valence-electron chi connectivity index (χ1n) is 7.60. The molecule has 0 unspecified atom stereocenters. The van der Waals surface area contributed by atoms with Crippen LogP contribution in [0.1, 0.15) is 29.5 Å². The number of allylic oxidation sites excluding steroid dienone is 2. The Labute approximate surface area is 138 Å². The molecule has 0 amide bonds. The number of halogens is 1. The minimum absolute atomic E-state index is 0.148. The molecule has 4 rings (SSSR count). The first kappa shape index (κ1) is 14.3. The van der Waals surface area contributed by atoms with Crippen molar-refractivity contribution < 1.29 is 4.92 Å². The Morgan fingerprint density at radius 1 is 1.17 bits per heavy atom. The molecular formula is C18H15ClN2O2. The van der Waals surface area contributed by atoms with Crippen molar-refractivity contribution in [1.29, 1.82) is 0 Å². The molecule has 0 aromatic heterocycles. The van der Waals surface area contributed by atoms with Gasteiger partial charge >= 0.3 is 0 Å². The molecule has 4 nitrogen and oxygen atoms in total. The molecule has 0 spiro atoms. The topological polar surface area (TPSA) is 55.2 Å². The highest BCUT2D eigenvalue weighted by Crippen LogP contribution is 2.50. The number of nitro benzene ring substituents is 1. The summed E-state index contributed by atoms with van der Waals surface area (Å²) in [4.78, 5) is 10.7. The zero-order valence-corrected chi connectivity index (χ0v) is 13.0. The summed E-state index contributed by atoms with van der Waals surface area (Å²) in [6, 6.07) is 13.2. The maximum atomic E-state index is 11.1. The first-order valence-corrected chi connectivity index (χ1v) is 7.98. The highest BCUT2D eigenvalue weighted by atomic mass is 35.5. The van der Waals surface area contributed by atoms with Crippen molar-refractivity contribution in [2.24, 2.45) is 5.92 Å². The molecular weight excluding hydrogens is 312 g/mol. The molecule has 0 fully saturated rings. The maximum Gasteiger partial charge on any atom is 0.269 e. The van der Waals surface area contributed by atoms with Crippen LogP contribution in [0, 0.1) is 16.0 Å². The van der Waals surface area contributed by atoms with Crippen molar-refractivity contribution in [3.63, 3.8) is 0 Å². The highest BCUT2D eigenvalue weighted by Gasteiger charge is 2.38. The maximum absolute atomic E-state index is 11.1. The Morgan fingerprint density at radius 3 is 2.70 bits per heavy atom. The van der Waals surface area contributed by atoms with Crippen LogP contribution in [0.2, 0.25) is 5.02 Å². The molecule has 0 radical (unpaired) electrons. The molecule has 2 aliphatic rings. The number of hydrogen-bond acceptors (Lipinski definition) is 3. The van der Waals surface area contributed by atoms with Gasteiger partial charge in [-0.25, -0.2) is 0 Å². The summed E-state index contributed by atoms with van der Waals surface area (Å²) in [6.45, 7) is 0. The van der Waals surface area contributed by atoms with Crippen molar-refractivity contribution in [2.75, 3.05) is 5.32 Å². The molecule has 116 valence electrons. The second-order valence-electron chi connectivity index (χ2n) is 6.06. The lowest BCUT2D eigenvalue weighted by atomic mass is 9.77. The zero-order valence-electron chi connectivity index (χ0n) is 12.3. The predicted octanol–water partition coefficient (Wildman–Crippen LogP) is 5.07. The van der Waals surface area contributed by atoms with E-state index in [4.69, 9.17) is 11.6 Å². The normalized spacial score (nSPS) is 24.7. The summed E-state index contributed by atoms with van der Waals surface area (Å²) >= 11 is 5.99. The number of anilines is 1. The number of nitrogens with one attached hydrogen (secondary N) is 1. The third kappa shape index (κ3) is 2.39. The standard InChI is InChI=1S/C18H15ClN2O2/c19-12-6-4-11(5-7-12)18-15-3-1-2-14(15)16-10-13(21(22)23)8-9-17(16)20-18/h1-2,4-10,14-15,18,20H,3H2/t14-,15-,18+/m1/s1. The second kappa shape index (κ2) is 5.39. The van der Waals surface area contributed by atoms with E-state index in [0.29, 0.717) is 5.92 Å². The fraction of sp³-hybridized carbons (Fsp3) is 0.222. The molecule has 5 heteroatoms. The van der Waals surface area contributed by atoms with Crippen molar-refractivity contribution in [3.05, 3.63) is 80.9 Å². The number of nitrogens with zero attached hydrogens (tertiary/aromatic N) is 1. The van der Waals surface area contributed by atoms with Crippen molar-refractivity contribution in [2.45, 2.75) is 18.4 Å². The number of fused-ring (bicyclic) bond motifs is 3. The van der Waals surface area contributed by atoms with Gasteiger partial charge in [0, 0.05) is 28.8 Å². The van der Waals surface area contributed by atoms with Gasteiger partial charge in [-0.2, -0.15) is 0 Å². The molecule has 1 N–H and O–H groups in total. The van der Waals surface area contributed by atoms with Crippen LogP contribution in [0.5, 0.6) is 0 Å². The van der Waals surface area contributed by atoms with E-state index in [0.717, 1.165) is 22.7 Å². The van der Waals surface area contributed by atoms with Crippen LogP contribution in [0.3, 0.4) is 0 Å². The lowest BCUT2D eigenvalue weighted by Gasteiger charge is -2.37. The summed E-state index contributed by atoms with van der Waals surface area (Å²) in [7, 11) is 0. The Balaban J connectivity index is 1.77. The van der Waals surface area contributed by atoms with E-state index < -0.39 is 0 Å². The van der Waals surface area contributed by atoms with Gasteiger partial charge in [-0.3, -0.25) is 10.1 Å². The third-order valence-electron chi connectivity index (χ3n) is 4.79. The van der Waals surface area contributed by atoms with E-state index in [9.17, 15) is 10.1 Å². The van der Waals surface area contributed by atoms with Gasteiger partial charge in [-0.1, -0.05) is 35.9 Å². The first-order chi connectivity index (χ1) is 11.1. The van der Waals surface area contributed by atoms with E-state index in [-0.39, 0.29) is 22.6 Å². The zero-order chi connectivity index (χ0) is 16.0. The van der Waals surface area contributed by atoms with Crippen molar-refractivity contribution in [1.82, 2.24) is 0 Å². The molecule has 1 aliphatic heterocycles. The third-order valence-corrected chi connectivity index (χ3v) is 5.04. The molecule has 0 saturated heterocycles. The lowest BCUT2D eigenvalue weighted by molar-refractivity contribution is -0.384. The Kier molecular flexibility index (Phi) is 3.34. The Morgan fingerprint density at radius 2 is 1.96 bits per heavy atom. The molecule has 1 aliphatic carbocycles. The lowest BCUT2D eigenvalue weighted by Crippen LogP contribution is -2.29. The van der Waals surface area contributed by atoms with Gasteiger partial charge in [0.25, 0.3) is 5.69 Å². The van der Waals surface area contributed by atoms with Crippen molar-refractivity contribution in [3.8, 4) is 0 Å². The molecule has 2 aromatic rings. The van der Waals surface area contributed by atoms with E-state index in [1.165, 1.54) is 5.56 Å². The van der Waals surface area contributed by atoms with Gasteiger partial charge in [-0.05, 0) is 41.7 Å². The van der Waals surface area contributed by atoms with Gasteiger partial charge in [0.05, 0.1) is 11.0 Å². The average Bonchev–Trinajstić information content (AvgIpc) is 3.04. The SMILES string of the molecule is O=[N+]([O-])c1ccc2c(c1)[C@@H]1C=CC[C@H]1[C@H](c1ccc(Cl)cc1)N2. The van der Waals surface area contributed by atoms with Crippen LogP contribution < -0.4 is 5.32 Å². The average molecular weight is 327 g/mol. The van der Waals surface area contributed by atoms with Crippen LogP contribution in [-0.2, 0) is 0 Å². The summed E-state index contributed by atoms with van der Waals surface area (Å²) in [6.07, 6.45) is 5.32. The summed E-state index contributed by atoms with van der Waals surface area (Å²) in [5.74, 6) is 0.581. The van der Waals surface area contributed by atoms with Crippen molar-refractivity contribution >= 4 is 23.0 Å². The number of nitro groups is 1. The smallest absolute Gasteiger partial charge is 0.269 e. The van der Waals surface area contributed by atoms with Gasteiger partial charge in [0.15, 0.2) is 0 Å². The van der Waals surface area contributed by atoms with Gasteiger partial charge < -0.3 is 5.32 Å². The largest absolute Gasteiger partial charge is 0.378 e.